The Hall–Kier alpha value is -6.71. The van der Waals surface area contributed by atoms with Gasteiger partial charge in [0.25, 0.3) is 0 Å². The first-order valence-electron chi connectivity index (χ1n) is 18.2. The van der Waals surface area contributed by atoms with Crippen LogP contribution in [0.4, 0.5) is 0 Å². The van der Waals surface area contributed by atoms with Crippen molar-refractivity contribution < 1.29 is 0 Å². The number of pyridine rings is 1. The van der Waals surface area contributed by atoms with Crippen LogP contribution in [0, 0.1) is 0 Å². The van der Waals surface area contributed by atoms with Gasteiger partial charge in [-0.15, -0.1) is 0 Å². The Balaban J connectivity index is 1.10. The molecule has 7 aromatic carbocycles. The van der Waals surface area contributed by atoms with Crippen LogP contribution in [0.25, 0.3) is 88.8 Å². The highest BCUT2D eigenvalue weighted by Crippen LogP contribution is 2.52. The van der Waals surface area contributed by atoms with E-state index in [2.05, 4.69) is 170 Å². The van der Waals surface area contributed by atoms with Crippen LogP contribution in [0.3, 0.4) is 0 Å². The summed E-state index contributed by atoms with van der Waals surface area (Å²) >= 11 is 0. The second-order valence-corrected chi connectivity index (χ2v) is 14.4. The zero-order valence-electron chi connectivity index (χ0n) is 29.6. The molecule has 0 saturated heterocycles. The lowest BCUT2D eigenvalue weighted by molar-refractivity contribution is 0.666. The maximum atomic E-state index is 5.24. The van der Waals surface area contributed by atoms with E-state index < -0.39 is 0 Å². The number of nitrogens with zero attached hydrogens (tertiary/aromatic N) is 3. The van der Waals surface area contributed by atoms with E-state index in [0.717, 1.165) is 44.6 Å². The van der Waals surface area contributed by atoms with Crippen molar-refractivity contribution in [2.24, 2.45) is 0 Å². The lowest BCUT2D eigenvalue weighted by atomic mass is 9.79. The van der Waals surface area contributed by atoms with Crippen molar-refractivity contribution >= 4 is 21.5 Å². The van der Waals surface area contributed by atoms with Gasteiger partial charge >= 0.3 is 0 Å². The molecule has 1 aliphatic carbocycles. The molecule has 3 nitrogen and oxygen atoms in total. The largest absolute Gasteiger partial charge is 0.264 e. The van der Waals surface area contributed by atoms with Crippen molar-refractivity contribution in [3.05, 3.63) is 187 Å². The molecule has 0 bridgehead atoms. The SMILES string of the molecule is CC1(C)c2cc(-c3ccc(-c4nc(-c5ccccc5)cc(-c5ccc(-c6cccnc6)cc5)n4)c4ccccc34)ccc2-c2ccc3ccccc3c21. The molecule has 2 aromatic heterocycles. The van der Waals surface area contributed by atoms with Crippen LogP contribution in [-0.2, 0) is 5.41 Å². The summed E-state index contributed by atoms with van der Waals surface area (Å²) in [7, 11) is 0. The lowest BCUT2D eigenvalue weighted by Crippen LogP contribution is -2.15. The summed E-state index contributed by atoms with van der Waals surface area (Å²) < 4.78 is 0. The van der Waals surface area contributed by atoms with Gasteiger partial charge in [0.2, 0.25) is 0 Å². The maximum absolute atomic E-state index is 5.24. The molecule has 0 N–H and O–H groups in total. The highest BCUT2D eigenvalue weighted by Gasteiger charge is 2.37. The van der Waals surface area contributed by atoms with Crippen LogP contribution >= 0.6 is 0 Å². The fourth-order valence-electron chi connectivity index (χ4n) is 8.35. The first-order valence-corrected chi connectivity index (χ1v) is 18.2. The summed E-state index contributed by atoms with van der Waals surface area (Å²) in [6.45, 7) is 4.74. The molecule has 0 atom stereocenters. The van der Waals surface area contributed by atoms with Gasteiger partial charge < -0.3 is 0 Å². The average molecular weight is 678 g/mol. The normalized spacial score (nSPS) is 12.9. The summed E-state index contributed by atoms with van der Waals surface area (Å²) in [5.41, 5.74) is 14.8. The van der Waals surface area contributed by atoms with E-state index in [1.165, 1.54) is 49.5 Å². The molecule has 0 spiro atoms. The van der Waals surface area contributed by atoms with Gasteiger partial charge in [0.15, 0.2) is 5.82 Å². The van der Waals surface area contributed by atoms with Gasteiger partial charge in [-0.05, 0) is 90.3 Å². The molecule has 0 saturated carbocycles. The highest BCUT2D eigenvalue weighted by molar-refractivity contribution is 6.05. The number of fused-ring (bicyclic) bond motifs is 6. The number of hydrogen-bond donors (Lipinski definition) is 0. The van der Waals surface area contributed by atoms with E-state index in [9.17, 15) is 0 Å². The maximum Gasteiger partial charge on any atom is 0.161 e. The van der Waals surface area contributed by atoms with E-state index in [1.54, 1.807) is 6.20 Å². The molecule has 3 heteroatoms. The van der Waals surface area contributed by atoms with E-state index in [4.69, 9.17) is 9.97 Å². The molecule has 250 valence electrons. The zero-order chi connectivity index (χ0) is 35.5. The van der Waals surface area contributed by atoms with Crippen LogP contribution in [0.5, 0.6) is 0 Å². The summed E-state index contributed by atoms with van der Waals surface area (Å²) in [5, 5.41) is 4.93. The first kappa shape index (κ1) is 31.1. The molecule has 0 radical (unpaired) electrons. The van der Waals surface area contributed by atoms with Crippen LogP contribution in [0.2, 0.25) is 0 Å². The molecule has 2 heterocycles. The van der Waals surface area contributed by atoms with Gasteiger partial charge in [-0.25, -0.2) is 9.97 Å². The summed E-state index contributed by atoms with van der Waals surface area (Å²) in [6, 6.07) is 58.6. The van der Waals surface area contributed by atoms with Crippen LogP contribution in [-0.4, -0.2) is 15.0 Å². The standard InChI is InChI=1S/C50H35N3/c1-50(2)45-29-36(23-24-42(45)43-25-22-33-11-6-7-15-39(33)48(43)50)38-26-27-44(41-17-9-8-16-40(38)41)49-52-46(34-12-4-3-5-13-34)30-47(53-49)35-20-18-32(19-21-35)37-14-10-28-51-31-37/h3-31H,1-2H3. The minimum atomic E-state index is -0.129. The second-order valence-electron chi connectivity index (χ2n) is 14.4. The van der Waals surface area contributed by atoms with Gasteiger partial charge in [-0.1, -0.05) is 153 Å². The summed E-state index contributed by atoms with van der Waals surface area (Å²) in [5.74, 6) is 0.706. The average Bonchev–Trinajstić information content (AvgIpc) is 3.46. The topological polar surface area (TPSA) is 38.7 Å². The van der Waals surface area contributed by atoms with E-state index in [0.29, 0.717) is 5.82 Å². The zero-order valence-corrected chi connectivity index (χ0v) is 29.6. The van der Waals surface area contributed by atoms with Crippen LogP contribution in [0.15, 0.2) is 176 Å². The van der Waals surface area contributed by atoms with E-state index in [1.807, 2.05) is 18.3 Å². The van der Waals surface area contributed by atoms with Crippen molar-refractivity contribution in [1.82, 2.24) is 15.0 Å². The molecule has 0 aliphatic heterocycles. The van der Waals surface area contributed by atoms with Gasteiger partial charge in [-0.3, -0.25) is 4.98 Å². The number of hydrogen-bond acceptors (Lipinski definition) is 3. The quantitative estimate of drug-likeness (QED) is 0.182. The molecular formula is C50H35N3. The van der Waals surface area contributed by atoms with Crippen molar-refractivity contribution in [3.8, 4) is 67.3 Å². The Morgan fingerprint density at radius 3 is 1.75 bits per heavy atom. The smallest absolute Gasteiger partial charge is 0.161 e. The second kappa shape index (κ2) is 12.2. The fraction of sp³-hybridized carbons (Fsp3) is 0.0600. The first-order chi connectivity index (χ1) is 26.0. The Morgan fingerprint density at radius 1 is 0.415 bits per heavy atom. The van der Waals surface area contributed by atoms with Gasteiger partial charge in [-0.2, -0.15) is 0 Å². The highest BCUT2D eigenvalue weighted by atomic mass is 14.9. The number of benzene rings is 7. The third-order valence-electron chi connectivity index (χ3n) is 11.0. The third-order valence-corrected chi connectivity index (χ3v) is 11.0. The summed E-state index contributed by atoms with van der Waals surface area (Å²) in [4.78, 5) is 14.8. The van der Waals surface area contributed by atoms with Crippen molar-refractivity contribution in [2.45, 2.75) is 19.3 Å². The van der Waals surface area contributed by atoms with E-state index in [-0.39, 0.29) is 5.41 Å². The predicted molar refractivity (Wildman–Crippen MR) is 220 cm³/mol. The Kier molecular flexibility index (Phi) is 7.16. The van der Waals surface area contributed by atoms with Crippen LogP contribution in [0.1, 0.15) is 25.0 Å². The van der Waals surface area contributed by atoms with Gasteiger partial charge in [0, 0.05) is 34.5 Å². The molecule has 0 fully saturated rings. The molecule has 9 aromatic rings. The van der Waals surface area contributed by atoms with Gasteiger partial charge in [0.1, 0.15) is 0 Å². The van der Waals surface area contributed by atoms with Crippen molar-refractivity contribution in [2.75, 3.05) is 0 Å². The van der Waals surface area contributed by atoms with Crippen molar-refractivity contribution in [1.29, 1.82) is 0 Å². The Morgan fingerprint density at radius 2 is 1.00 bits per heavy atom. The minimum Gasteiger partial charge on any atom is -0.264 e. The van der Waals surface area contributed by atoms with Gasteiger partial charge in [0.05, 0.1) is 11.4 Å². The molecular weight excluding hydrogens is 643 g/mol. The Labute approximate surface area is 309 Å². The third kappa shape index (κ3) is 5.16. The predicted octanol–water partition coefficient (Wildman–Crippen LogP) is 12.8. The lowest BCUT2D eigenvalue weighted by Gasteiger charge is -2.24. The molecule has 0 amide bonds. The number of aromatic nitrogens is 3. The molecule has 1 aliphatic rings. The summed E-state index contributed by atoms with van der Waals surface area (Å²) in [6.07, 6.45) is 3.69. The monoisotopic (exact) mass is 677 g/mol. The molecule has 53 heavy (non-hydrogen) atoms. The fourth-order valence-corrected chi connectivity index (χ4v) is 8.35. The molecule has 0 unspecified atom stereocenters. The number of rotatable bonds is 5. The molecule has 10 rings (SSSR count). The van der Waals surface area contributed by atoms with E-state index >= 15 is 0 Å². The Bertz CT molecular complexity index is 2840. The minimum absolute atomic E-state index is 0.129. The van der Waals surface area contributed by atoms with Crippen molar-refractivity contribution in [3.63, 3.8) is 0 Å². The van der Waals surface area contributed by atoms with Crippen LogP contribution < -0.4 is 0 Å².